The minimum absolute atomic E-state index is 0. The monoisotopic (exact) mass is 638 g/mol. The minimum Gasteiger partial charge on any atom is -0.345 e. The fraction of sp³-hybridized carbons (Fsp3) is 0.0323. The van der Waals surface area contributed by atoms with Crippen molar-refractivity contribution in [2.24, 2.45) is 10.8 Å². The zero-order valence-corrected chi connectivity index (χ0v) is 24.6. The number of H-pyrrole nitrogens is 2. The number of benzene rings is 2. The van der Waals surface area contributed by atoms with E-state index in [1.807, 2.05) is 72.8 Å². The molecule has 0 saturated heterocycles. The van der Waals surface area contributed by atoms with Gasteiger partial charge in [0.15, 0.2) is 5.11 Å². The molecule has 14 heteroatoms. The number of nitrogens with zero attached hydrogens (tertiary/aromatic N) is 3. The molecule has 0 spiro atoms. The molecule has 6 rings (SSSR count). The van der Waals surface area contributed by atoms with Crippen molar-refractivity contribution in [3.05, 3.63) is 121 Å². The summed E-state index contributed by atoms with van der Waals surface area (Å²) in [6.45, 7) is 0. The Bertz CT molecular complexity index is 1900. The molecular weight excluding hydrogens is 609 g/mol. The molecule has 0 saturated carbocycles. The summed E-state index contributed by atoms with van der Waals surface area (Å²) in [6, 6.07) is 26.1. The van der Waals surface area contributed by atoms with Gasteiger partial charge in [0.2, 0.25) is 0 Å². The van der Waals surface area contributed by atoms with Crippen molar-refractivity contribution in [2.75, 3.05) is 5.32 Å². The maximum absolute atomic E-state index is 12.2. The Labute approximate surface area is 269 Å². The van der Waals surface area contributed by atoms with E-state index >= 15 is 0 Å². The molecule has 0 bridgehead atoms. The fourth-order valence-corrected chi connectivity index (χ4v) is 4.06. The minimum atomic E-state index is -0.320. The van der Waals surface area contributed by atoms with Gasteiger partial charge in [-0.05, 0) is 73.0 Å². The second-order valence-corrected chi connectivity index (χ2v) is 9.21. The molecule has 0 unspecified atom stereocenters. The number of nitrogens with one attached hydrogen (secondary N) is 6. The number of carbonyl (C=O) groups is 2. The van der Waals surface area contributed by atoms with Crippen LogP contribution in [0.3, 0.4) is 0 Å². The third-order valence-electron chi connectivity index (χ3n) is 5.77. The number of aromatic nitrogens is 4. The van der Waals surface area contributed by atoms with Gasteiger partial charge in [-0.2, -0.15) is 4.99 Å². The van der Waals surface area contributed by atoms with Crippen molar-refractivity contribution in [1.29, 1.82) is 0 Å². The summed E-state index contributed by atoms with van der Waals surface area (Å²) in [5.41, 5.74) is 11.3. The van der Waals surface area contributed by atoms with Crippen LogP contribution in [0.25, 0.3) is 22.1 Å². The third kappa shape index (κ3) is 9.61. The maximum atomic E-state index is 12.2. The van der Waals surface area contributed by atoms with Crippen LogP contribution in [0, 0.1) is 0 Å². The Hall–Kier alpha value is -5.79. The second kappa shape index (κ2) is 17.4. The van der Waals surface area contributed by atoms with Gasteiger partial charge in [0.05, 0.1) is 22.0 Å². The number of fused-ring (bicyclic) bond motifs is 2. The highest BCUT2D eigenvalue weighted by atomic mass is 32.1. The van der Waals surface area contributed by atoms with E-state index in [-0.39, 0.29) is 19.2 Å². The lowest BCUT2D eigenvalue weighted by atomic mass is 10.2. The fourth-order valence-electron chi connectivity index (χ4n) is 3.79. The normalized spacial score (nSPS) is 9.53. The molecule has 0 aliphatic heterocycles. The largest absolute Gasteiger partial charge is 0.345 e. The lowest BCUT2D eigenvalue weighted by Crippen LogP contribution is -2.43. The molecule has 6 aromatic rings. The number of hydrogen-bond acceptors (Lipinski definition) is 8. The molecule has 2 amide bonds. The zero-order chi connectivity index (χ0) is 31.1. The highest BCUT2D eigenvalue weighted by Crippen LogP contribution is 2.16. The molecular formula is C31H30N10O2S2. The number of para-hydroxylation sites is 2. The first-order chi connectivity index (χ1) is 21.5. The van der Waals surface area contributed by atoms with Crippen molar-refractivity contribution in [2.45, 2.75) is 7.43 Å². The van der Waals surface area contributed by atoms with Crippen molar-refractivity contribution >= 4 is 80.0 Å². The predicted molar refractivity (Wildman–Crippen MR) is 185 cm³/mol. The van der Waals surface area contributed by atoms with Crippen LogP contribution in [0.4, 0.5) is 11.4 Å². The molecule has 2 aromatic carbocycles. The van der Waals surface area contributed by atoms with E-state index in [1.165, 1.54) is 0 Å². The molecule has 0 atom stereocenters. The molecule has 0 aliphatic rings. The molecule has 4 heterocycles. The van der Waals surface area contributed by atoms with Gasteiger partial charge in [-0.15, -0.1) is 0 Å². The number of nitrogens with two attached hydrogens (primary N) is 1. The number of thiocarbonyl (C=S) groups is 2. The quantitative estimate of drug-likeness (QED) is 0.0437. The smallest absolute Gasteiger partial charge is 0.271 e. The van der Waals surface area contributed by atoms with E-state index in [0.717, 1.165) is 22.1 Å². The van der Waals surface area contributed by atoms with E-state index in [9.17, 15) is 9.59 Å². The van der Waals surface area contributed by atoms with Gasteiger partial charge >= 0.3 is 0 Å². The summed E-state index contributed by atoms with van der Waals surface area (Å²) in [6.07, 6.45) is 6.52. The van der Waals surface area contributed by atoms with Crippen LogP contribution in [-0.4, -0.2) is 42.0 Å². The van der Waals surface area contributed by atoms with Crippen LogP contribution in [0.15, 0.2) is 115 Å². The highest BCUT2D eigenvalue weighted by molar-refractivity contribution is 7.80. The van der Waals surface area contributed by atoms with Crippen LogP contribution in [0.2, 0.25) is 0 Å². The Morgan fingerprint density at radius 2 is 1.29 bits per heavy atom. The summed E-state index contributed by atoms with van der Waals surface area (Å²) >= 11 is 9.54. The first kappa shape index (κ1) is 33.7. The molecule has 12 nitrogen and oxygen atoms in total. The zero-order valence-electron chi connectivity index (χ0n) is 22.9. The molecule has 0 fully saturated rings. The molecule has 0 radical (unpaired) electrons. The number of amides is 2. The number of pyridine rings is 2. The van der Waals surface area contributed by atoms with E-state index in [2.05, 4.69) is 63.9 Å². The number of carbonyl (C=O) groups excluding carboxylic acids is 2. The van der Waals surface area contributed by atoms with Crippen LogP contribution < -0.4 is 27.4 Å². The number of aliphatic imine (C=N–C) groups is 1. The van der Waals surface area contributed by atoms with Gasteiger partial charge in [0.1, 0.15) is 11.3 Å². The van der Waals surface area contributed by atoms with E-state index in [1.54, 1.807) is 36.9 Å². The van der Waals surface area contributed by atoms with Crippen molar-refractivity contribution in [1.82, 2.24) is 36.2 Å². The van der Waals surface area contributed by atoms with Crippen LogP contribution in [-0.2, 0) is 0 Å². The number of anilines is 1. The van der Waals surface area contributed by atoms with Gasteiger partial charge < -0.3 is 15.3 Å². The number of hydrogen-bond donors (Lipinski definition) is 7. The Kier molecular flexibility index (Phi) is 13.0. The van der Waals surface area contributed by atoms with Gasteiger partial charge in [0, 0.05) is 41.2 Å². The van der Waals surface area contributed by atoms with Gasteiger partial charge in [-0.25, -0.2) is 15.8 Å². The van der Waals surface area contributed by atoms with Gasteiger partial charge in [0.25, 0.3) is 11.8 Å². The van der Waals surface area contributed by atoms with E-state index < -0.39 is 0 Å². The van der Waals surface area contributed by atoms with Crippen LogP contribution in [0.1, 0.15) is 28.1 Å². The second-order valence-electron chi connectivity index (χ2n) is 8.62. The van der Waals surface area contributed by atoms with Gasteiger partial charge in [-0.3, -0.25) is 25.9 Å². The third-order valence-corrected chi connectivity index (χ3v) is 6.07. The summed E-state index contributed by atoms with van der Waals surface area (Å²) in [4.78, 5) is 41.2. The SMILES string of the molecule is C.NNC(=O)c1c[nH]c2ncccc12.O=C(NNC(=S)Nc1ccccc1)c1c[nH]c2ncccc12.S=C=Nc1ccccc1. The number of nitrogen functional groups attached to an aromatic ring is 1. The average molecular weight is 639 g/mol. The molecule has 4 aromatic heterocycles. The van der Waals surface area contributed by atoms with Crippen LogP contribution in [0.5, 0.6) is 0 Å². The van der Waals surface area contributed by atoms with E-state index in [0.29, 0.717) is 27.5 Å². The number of rotatable bonds is 4. The first-order valence-corrected chi connectivity index (χ1v) is 13.7. The van der Waals surface area contributed by atoms with Crippen molar-refractivity contribution in [3.63, 3.8) is 0 Å². The average Bonchev–Trinajstić information content (AvgIpc) is 3.70. The molecule has 45 heavy (non-hydrogen) atoms. The predicted octanol–water partition coefficient (Wildman–Crippen LogP) is 5.42. The number of hydrazine groups is 2. The van der Waals surface area contributed by atoms with Crippen LogP contribution >= 0.6 is 24.4 Å². The Morgan fingerprint density at radius 1 is 0.756 bits per heavy atom. The molecule has 0 aliphatic carbocycles. The number of aromatic amines is 2. The maximum Gasteiger partial charge on any atom is 0.271 e. The summed E-state index contributed by atoms with van der Waals surface area (Å²) < 4.78 is 0. The highest BCUT2D eigenvalue weighted by Gasteiger charge is 2.12. The first-order valence-electron chi connectivity index (χ1n) is 12.9. The Morgan fingerprint density at radius 3 is 1.82 bits per heavy atom. The number of isothiocyanates is 1. The van der Waals surface area contributed by atoms with Gasteiger partial charge in [-0.1, -0.05) is 43.8 Å². The lowest BCUT2D eigenvalue weighted by molar-refractivity contribution is 0.0941. The summed E-state index contributed by atoms with van der Waals surface area (Å²) in [5, 5.41) is 7.08. The Balaban J connectivity index is 0.000000203. The van der Waals surface area contributed by atoms with Crippen molar-refractivity contribution in [3.8, 4) is 0 Å². The van der Waals surface area contributed by atoms with E-state index in [4.69, 9.17) is 18.1 Å². The standard InChI is InChI=1S/C15H13N5OS.C8H8N4O.C7H5NS.CH4/c21-14(12-9-17-13-11(12)7-4-8-16-13)19-20-15(22)18-10-5-2-1-3-6-10;9-12-8(13)6-4-11-7-5(6)2-1-3-10-7;9-6-8-7-4-2-1-3-5-7;/h1-9H,(H,16,17)(H,19,21)(H2,18,20,22);1-4H,9H2,(H,10,11)(H,12,13);1-5H;1H4. The molecule has 8 N–H and O–H groups in total. The summed E-state index contributed by atoms with van der Waals surface area (Å²) in [7, 11) is 0. The summed E-state index contributed by atoms with van der Waals surface area (Å²) in [5.74, 6) is 4.41. The lowest BCUT2D eigenvalue weighted by Gasteiger charge is -2.11. The molecule has 228 valence electrons. The van der Waals surface area contributed by atoms with Crippen molar-refractivity contribution < 1.29 is 9.59 Å². The topological polar surface area (TPSA) is 178 Å².